The Morgan fingerprint density at radius 3 is 2.11 bits per heavy atom. The number of rotatable bonds is 7. The summed E-state index contributed by atoms with van der Waals surface area (Å²) in [5.41, 5.74) is 1.19. The Balaban J connectivity index is 1.69. The van der Waals surface area contributed by atoms with E-state index in [1.165, 1.54) is 5.56 Å². The number of benzene rings is 2. The number of likely N-dealkylation sites (tertiary alicyclic amines) is 1. The summed E-state index contributed by atoms with van der Waals surface area (Å²) in [6.45, 7) is 10.4. The molecule has 0 spiro atoms. The third kappa shape index (κ3) is 7.57. The Kier molecular flexibility index (Phi) is 8.77. The molecular weight excluding hydrogens is 456 g/mol. The van der Waals surface area contributed by atoms with Crippen LogP contribution in [0, 0.1) is 0 Å². The van der Waals surface area contributed by atoms with Crippen LogP contribution in [0.3, 0.4) is 0 Å². The van der Waals surface area contributed by atoms with E-state index in [0.717, 1.165) is 11.1 Å². The molecule has 1 fully saturated rings. The van der Waals surface area contributed by atoms with Crippen LogP contribution in [0.25, 0.3) is 0 Å². The molecule has 36 heavy (non-hydrogen) atoms. The van der Waals surface area contributed by atoms with Gasteiger partial charge in [0.05, 0.1) is 0 Å². The van der Waals surface area contributed by atoms with Crippen molar-refractivity contribution in [2.45, 2.75) is 77.5 Å². The lowest BCUT2D eigenvalue weighted by molar-refractivity contribution is -0.126. The van der Waals surface area contributed by atoms with E-state index >= 15 is 0 Å². The van der Waals surface area contributed by atoms with Crippen LogP contribution in [0.5, 0.6) is 0 Å². The lowest BCUT2D eigenvalue weighted by atomic mass is 9.81. The number of amides is 2. The Morgan fingerprint density at radius 1 is 0.944 bits per heavy atom. The summed E-state index contributed by atoms with van der Waals surface area (Å²) in [5, 5.41) is 2.87. The Morgan fingerprint density at radius 2 is 1.56 bits per heavy atom. The maximum atomic E-state index is 13.6. The van der Waals surface area contributed by atoms with Crippen molar-refractivity contribution in [2.75, 3.05) is 13.1 Å². The number of nitrogens with one attached hydrogen (secondary N) is 1. The van der Waals surface area contributed by atoms with Gasteiger partial charge in [0, 0.05) is 19.5 Å². The monoisotopic (exact) mass is 494 g/mol. The van der Waals surface area contributed by atoms with Crippen LogP contribution in [0.4, 0.5) is 9.59 Å². The highest BCUT2D eigenvalue weighted by Crippen LogP contribution is 2.27. The number of alkyl carbamates (subject to hydrolysis) is 1. The fraction of sp³-hybridized carbons (Fsp3) is 0.483. The predicted octanol–water partition coefficient (Wildman–Crippen LogP) is 5.62. The van der Waals surface area contributed by atoms with Crippen LogP contribution in [0.15, 0.2) is 54.6 Å². The SMILES string of the molecule is CC(C)c1ccc(CC(=O)C2(NC(=O)OC(C)(C)C)CCN(C(=O)OCc3ccccc3)CC2)cc1. The van der Waals surface area contributed by atoms with Gasteiger partial charge in [-0.3, -0.25) is 4.79 Å². The summed E-state index contributed by atoms with van der Waals surface area (Å²) < 4.78 is 10.9. The van der Waals surface area contributed by atoms with Gasteiger partial charge in [-0.2, -0.15) is 0 Å². The van der Waals surface area contributed by atoms with Gasteiger partial charge in [-0.05, 0) is 56.2 Å². The predicted molar refractivity (Wildman–Crippen MR) is 139 cm³/mol. The number of piperidine rings is 1. The van der Waals surface area contributed by atoms with Crippen molar-refractivity contribution >= 4 is 18.0 Å². The third-order valence-corrected chi connectivity index (χ3v) is 6.37. The van der Waals surface area contributed by atoms with Gasteiger partial charge >= 0.3 is 12.2 Å². The van der Waals surface area contributed by atoms with Gasteiger partial charge in [0.15, 0.2) is 5.78 Å². The average molecular weight is 495 g/mol. The van der Waals surface area contributed by atoms with Crippen molar-refractivity contribution in [3.8, 4) is 0 Å². The Hall–Kier alpha value is -3.35. The molecule has 2 amide bonds. The van der Waals surface area contributed by atoms with Crippen LogP contribution < -0.4 is 5.32 Å². The van der Waals surface area contributed by atoms with Gasteiger partial charge < -0.3 is 19.7 Å². The third-order valence-electron chi connectivity index (χ3n) is 6.37. The molecule has 0 saturated carbocycles. The van der Waals surface area contributed by atoms with Gasteiger partial charge in [-0.25, -0.2) is 9.59 Å². The molecule has 194 valence electrons. The fourth-order valence-corrected chi connectivity index (χ4v) is 4.23. The highest BCUT2D eigenvalue weighted by atomic mass is 16.6. The first-order valence-corrected chi connectivity index (χ1v) is 12.6. The van der Waals surface area contributed by atoms with E-state index < -0.39 is 23.3 Å². The number of carbonyl (C=O) groups excluding carboxylic acids is 3. The van der Waals surface area contributed by atoms with E-state index in [0.29, 0.717) is 19.0 Å². The molecule has 1 aliphatic heterocycles. The highest BCUT2D eigenvalue weighted by molar-refractivity contribution is 5.93. The summed E-state index contributed by atoms with van der Waals surface area (Å²) in [5.74, 6) is 0.309. The lowest BCUT2D eigenvalue weighted by Gasteiger charge is -2.41. The minimum absolute atomic E-state index is 0.0945. The number of hydrogen-bond acceptors (Lipinski definition) is 5. The normalized spacial score (nSPS) is 15.3. The minimum Gasteiger partial charge on any atom is -0.445 e. The first kappa shape index (κ1) is 27.2. The van der Waals surface area contributed by atoms with Crippen molar-refractivity contribution in [1.82, 2.24) is 10.2 Å². The molecule has 2 aromatic carbocycles. The first-order chi connectivity index (χ1) is 17.0. The molecule has 0 aromatic heterocycles. The van der Waals surface area contributed by atoms with Gasteiger partial charge in [-0.1, -0.05) is 68.4 Å². The number of carbonyl (C=O) groups is 3. The van der Waals surface area contributed by atoms with Crippen LogP contribution in [-0.2, 0) is 27.3 Å². The number of nitrogens with zero attached hydrogens (tertiary/aromatic N) is 1. The molecule has 1 saturated heterocycles. The molecule has 1 N–H and O–H groups in total. The zero-order valence-corrected chi connectivity index (χ0v) is 22.0. The van der Waals surface area contributed by atoms with Gasteiger partial charge in [0.2, 0.25) is 0 Å². The smallest absolute Gasteiger partial charge is 0.410 e. The number of ether oxygens (including phenoxy) is 2. The largest absolute Gasteiger partial charge is 0.445 e. The first-order valence-electron chi connectivity index (χ1n) is 12.6. The van der Waals surface area contributed by atoms with Gasteiger partial charge in [0.25, 0.3) is 0 Å². The molecule has 1 aliphatic rings. The summed E-state index contributed by atoms with van der Waals surface area (Å²) >= 11 is 0. The zero-order valence-electron chi connectivity index (χ0n) is 22.0. The van der Waals surface area contributed by atoms with E-state index in [9.17, 15) is 14.4 Å². The summed E-state index contributed by atoms with van der Waals surface area (Å²) in [4.78, 5) is 40.5. The molecule has 0 unspecified atom stereocenters. The average Bonchev–Trinajstić information content (AvgIpc) is 2.82. The van der Waals surface area contributed by atoms with E-state index in [1.807, 2.05) is 54.6 Å². The summed E-state index contributed by atoms with van der Waals surface area (Å²) in [6.07, 6.45) is -0.301. The van der Waals surface area contributed by atoms with Gasteiger partial charge in [-0.15, -0.1) is 0 Å². The zero-order chi connectivity index (χ0) is 26.3. The molecule has 3 rings (SSSR count). The number of hydrogen-bond donors (Lipinski definition) is 1. The van der Waals surface area contributed by atoms with Gasteiger partial charge in [0.1, 0.15) is 17.7 Å². The molecule has 7 nitrogen and oxygen atoms in total. The summed E-state index contributed by atoms with van der Waals surface area (Å²) in [7, 11) is 0. The molecule has 1 heterocycles. The highest BCUT2D eigenvalue weighted by Gasteiger charge is 2.44. The summed E-state index contributed by atoms with van der Waals surface area (Å²) in [6, 6.07) is 17.5. The molecule has 0 bridgehead atoms. The van der Waals surface area contributed by atoms with Crippen LogP contribution in [-0.4, -0.2) is 47.1 Å². The van der Waals surface area contributed by atoms with E-state index in [4.69, 9.17) is 9.47 Å². The fourth-order valence-electron chi connectivity index (χ4n) is 4.23. The van der Waals surface area contributed by atoms with E-state index in [2.05, 4.69) is 19.2 Å². The lowest BCUT2D eigenvalue weighted by Crippen LogP contribution is -2.61. The second-order valence-corrected chi connectivity index (χ2v) is 10.7. The standard InChI is InChI=1S/C29H38N2O5/c1-21(2)24-13-11-22(12-14-24)19-25(32)29(30-26(33)36-28(3,4)5)15-17-31(18-16-29)27(34)35-20-23-9-7-6-8-10-23/h6-14,21H,15-20H2,1-5H3,(H,30,33). The number of ketones is 1. The maximum absolute atomic E-state index is 13.6. The van der Waals surface area contributed by atoms with Crippen molar-refractivity contribution < 1.29 is 23.9 Å². The topological polar surface area (TPSA) is 84.9 Å². The maximum Gasteiger partial charge on any atom is 0.410 e. The van der Waals surface area contributed by atoms with Crippen molar-refractivity contribution in [2.24, 2.45) is 0 Å². The molecule has 0 radical (unpaired) electrons. The Labute approximate surface area is 214 Å². The Bertz CT molecular complexity index is 1030. The quantitative estimate of drug-likeness (QED) is 0.540. The second kappa shape index (κ2) is 11.6. The van der Waals surface area contributed by atoms with Crippen LogP contribution in [0.1, 0.15) is 70.1 Å². The van der Waals surface area contributed by atoms with E-state index in [1.54, 1.807) is 25.7 Å². The van der Waals surface area contributed by atoms with E-state index in [-0.39, 0.29) is 31.7 Å². The molecule has 0 aliphatic carbocycles. The second-order valence-electron chi connectivity index (χ2n) is 10.7. The van der Waals surface area contributed by atoms with Crippen molar-refractivity contribution in [3.63, 3.8) is 0 Å². The van der Waals surface area contributed by atoms with Crippen LogP contribution in [0.2, 0.25) is 0 Å². The molecule has 2 aromatic rings. The molecular formula is C29H38N2O5. The minimum atomic E-state index is -1.12. The molecule has 0 atom stereocenters. The van der Waals surface area contributed by atoms with Crippen molar-refractivity contribution in [3.05, 3.63) is 71.3 Å². The van der Waals surface area contributed by atoms with Crippen molar-refractivity contribution in [1.29, 1.82) is 0 Å². The number of Topliss-reactive ketones (excluding diaryl/α,β-unsaturated/α-hetero) is 1. The molecule has 7 heteroatoms. The van der Waals surface area contributed by atoms with Crippen LogP contribution >= 0.6 is 0 Å².